The third-order valence-electron chi connectivity index (χ3n) is 3.57. The van der Waals surface area contributed by atoms with E-state index in [-0.39, 0.29) is 6.10 Å². The summed E-state index contributed by atoms with van der Waals surface area (Å²) in [5, 5.41) is 10.2. The molecule has 1 unspecified atom stereocenters. The molecule has 1 N–H and O–H groups in total. The first-order valence-corrected chi connectivity index (χ1v) is 6.79. The van der Waals surface area contributed by atoms with Crippen LogP contribution in [0.25, 0.3) is 0 Å². The molecule has 0 fully saturated rings. The second-order valence-corrected chi connectivity index (χ2v) is 5.13. The first-order valence-electron chi connectivity index (χ1n) is 6.79. The van der Waals surface area contributed by atoms with Gasteiger partial charge in [-0.25, -0.2) is 0 Å². The van der Waals surface area contributed by atoms with Gasteiger partial charge in [0.05, 0.1) is 6.10 Å². The Kier molecular flexibility index (Phi) is 4.69. The molecular formula is C17H21NO. The Morgan fingerprint density at radius 1 is 1.11 bits per heavy atom. The summed E-state index contributed by atoms with van der Waals surface area (Å²) in [6, 6.07) is 10.3. The second-order valence-electron chi connectivity index (χ2n) is 5.13. The van der Waals surface area contributed by atoms with Gasteiger partial charge in [0.1, 0.15) is 0 Å². The van der Waals surface area contributed by atoms with Gasteiger partial charge >= 0.3 is 0 Å². The van der Waals surface area contributed by atoms with Crippen molar-refractivity contribution in [3.63, 3.8) is 0 Å². The minimum atomic E-state index is -0.292. The molecule has 0 saturated heterocycles. The molecule has 2 heteroatoms. The van der Waals surface area contributed by atoms with E-state index in [1.54, 1.807) is 6.20 Å². The smallest absolute Gasteiger partial charge is 0.0583 e. The Hall–Kier alpha value is -1.67. The molecular weight excluding hydrogens is 234 g/mol. The number of aliphatic hydroxyl groups excluding tert-OH is 1. The number of aromatic nitrogens is 1. The normalized spacial score (nSPS) is 12.4. The molecule has 1 aromatic carbocycles. The summed E-state index contributed by atoms with van der Waals surface area (Å²) >= 11 is 0. The van der Waals surface area contributed by atoms with Gasteiger partial charge in [-0.1, -0.05) is 24.3 Å². The zero-order chi connectivity index (χ0) is 13.7. The van der Waals surface area contributed by atoms with Gasteiger partial charge in [0.2, 0.25) is 0 Å². The number of aryl methyl sites for hydroxylation is 3. The van der Waals surface area contributed by atoms with Crippen LogP contribution in [0, 0.1) is 13.8 Å². The fraction of sp³-hybridized carbons (Fsp3) is 0.353. The van der Waals surface area contributed by atoms with E-state index < -0.39 is 0 Å². The minimum Gasteiger partial charge on any atom is -0.393 e. The Balaban J connectivity index is 1.93. The van der Waals surface area contributed by atoms with E-state index in [0.717, 1.165) is 19.3 Å². The van der Waals surface area contributed by atoms with Gasteiger partial charge in [0.25, 0.3) is 0 Å². The van der Waals surface area contributed by atoms with Crippen molar-refractivity contribution in [1.29, 1.82) is 0 Å². The highest BCUT2D eigenvalue weighted by molar-refractivity contribution is 5.33. The summed E-state index contributed by atoms with van der Waals surface area (Å²) in [4.78, 5) is 4.09. The summed E-state index contributed by atoms with van der Waals surface area (Å²) in [6.45, 7) is 4.21. The molecule has 0 aliphatic heterocycles. The van der Waals surface area contributed by atoms with Crippen molar-refractivity contribution >= 4 is 0 Å². The largest absolute Gasteiger partial charge is 0.393 e. The van der Waals surface area contributed by atoms with Crippen molar-refractivity contribution in [1.82, 2.24) is 4.98 Å². The first kappa shape index (κ1) is 13.8. The van der Waals surface area contributed by atoms with Gasteiger partial charge in [-0.15, -0.1) is 0 Å². The van der Waals surface area contributed by atoms with Gasteiger partial charge in [-0.3, -0.25) is 4.98 Å². The summed E-state index contributed by atoms with van der Waals surface area (Å²) in [5.41, 5.74) is 4.99. The summed E-state index contributed by atoms with van der Waals surface area (Å²) < 4.78 is 0. The molecule has 0 radical (unpaired) electrons. The fourth-order valence-corrected chi connectivity index (χ4v) is 2.39. The van der Waals surface area contributed by atoms with Crippen molar-refractivity contribution < 1.29 is 5.11 Å². The lowest BCUT2D eigenvalue weighted by atomic mass is 9.95. The predicted molar refractivity (Wildman–Crippen MR) is 78.2 cm³/mol. The van der Waals surface area contributed by atoms with Gasteiger partial charge in [-0.2, -0.15) is 0 Å². The van der Waals surface area contributed by atoms with Crippen LogP contribution in [0.3, 0.4) is 0 Å². The van der Waals surface area contributed by atoms with Crippen molar-refractivity contribution in [2.24, 2.45) is 0 Å². The summed E-state index contributed by atoms with van der Waals surface area (Å²) in [6.07, 6.45) is 5.74. The number of pyridine rings is 1. The first-order chi connectivity index (χ1) is 9.16. The summed E-state index contributed by atoms with van der Waals surface area (Å²) in [5.74, 6) is 0. The van der Waals surface area contributed by atoms with Crippen LogP contribution in [0.1, 0.15) is 28.7 Å². The van der Waals surface area contributed by atoms with E-state index in [0.29, 0.717) is 0 Å². The van der Waals surface area contributed by atoms with Crippen LogP contribution in [-0.4, -0.2) is 16.2 Å². The van der Waals surface area contributed by atoms with Gasteiger partial charge in [0, 0.05) is 12.4 Å². The monoisotopic (exact) mass is 255 g/mol. The molecule has 0 aliphatic rings. The number of hydrogen-bond donors (Lipinski definition) is 1. The number of nitrogens with zero attached hydrogens (tertiary/aromatic N) is 1. The molecule has 1 atom stereocenters. The van der Waals surface area contributed by atoms with Crippen LogP contribution in [0.4, 0.5) is 0 Å². The summed E-state index contributed by atoms with van der Waals surface area (Å²) in [7, 11) is 0. The fourth-order valence-electron chi connectivity index (χ4n) is 2.39. The number of rotatable bonds is 5. The van der Waals surface area contributed by atoms with E-state index in [4.69, 9.17) is 0 Å². The Bertz CT molecular complexity index is 502. The van der Waals surface area contributed by atoms with Crippen molar-refractivity contribution in [2.45, 2.75) is 39.2 Å². The maximum Gasteiger partial charge on any atom is 0.0583 e. The molecule has 0 spiro atoms. The maximum atomic E-state index is 10.2. The van der Waals surface area contributed by atoms with Crippen LogP contribution in [0.5, 0.6) is 0 Å². The van der Waals surface area contributed by atoms with E-state index >= 15 is 0 Å². The van der Waals surface area contributed by atoms with E-state index in [1.165, 1.54) is 22.3 Å². The highest BCUT2D eigenvalue weighted by atomic mass is 16.3. The standard InChI is InChI=1S/C17H21NO/c1-13-5-3-6-14(2)17(13)11-16(19)9-8-15-7-4-10-18-12-15/h3-7,10,12,16,19H,8-9,11H2,1-2H3. The van der Waals surface area contributed by atoms with Crippen LogP contribution >= 0.6 is 0 Å². The molecule has 2 rings (SSSR count). The van der Waals surface area contributed by atoms with Crippen LogP contribution in [0.15, 0.2) is 42.7 Å². The topological polar surface area (TPSA) is 33.1 Å². The number of aliphatic hydroxyl groups is 1. The lowest BCUT2D eigenvalue weighted by Gasteiger charge is -2.14. The average molecular weight is 255 g/mol. The molecule has 0 saturated carbocycles. The highest BCUT2D eigenvalue weighted by Crippen LogP contribution is 2.17. The van der Waals surface area contributed by atoms with Gasteiger partial charge in [0.15, 0.2) is 0 Å². The lowest BCUT2D eigenvalue weighted by Crippen LogP contribution is -2.13. The second kappa shape index (κ2) is 6.48. The van der Waals surface area contributed by atoms with Crippen LogP contribution in [0.2, 0.25) is 0 Å². The van der Waals surface area contributed by atoms with Crippen molar-refractivity contribution in [3.8, 4) is 0 Å². The quantitative estimate of drug-likeness (QED) is 0.889. The van der Waals surface area contributed by atoms with E-state index in [2.05, 4.69) is 43.1 Å². The Morgan fingerprint density at radius 2 is 1.84 bits per heavy atom. The SMILES string of the molecule is Cc1cccc(C)c1CC(O)CCc1cccnc1. The molecule has 0 aliphatic carbocycles. The molecule has 2 nitrogen and oxygen atoms in total. The number of hydrogen-bond acceptors (Lipinski definition) is 2. The van der Waals surface area contributed by atoms with Gasteiger partial charge < -0.3 is 5.11 Å². The van der Waals surface area contributed by atoms with Crippen LogP contribution in [-0.2, 0) is 12.8 Å². The average Bonchev–Trinajstić information content (AvgIpc) is 2.42. The minimum absolute atomic E-state index is 0.292. The van der Waals surface area contributed by atoms with Crippen LogP contribution < -0.4 is 0 Å². The molecule has 100 valence electrons. The lowest BCUT2D eigenvalue weighted by molar-refractivity contribution is 0.165. The Labute approximate surface area is 115 Å². The van der Waals surface area contributed by atoms with Crippen molar-refractivity contribution in [3.05, 3.63) is 65.0 Å². The van der Waals surface area contributed by atoms with E-state index in [9.17, 15) is 5.11 Å². The van der Waals surface area contributed by atoms with Crippen molar-refractivity contribution in [2.75, 3.05) is 0 Å². The molecule has 0 amide bonds. The zero-order valence-electron chi connectivity index (χ0n) is 11.6. The molecule has 1 heterocycles. The third-order valence-corrected chi connectivity index (χ3v) is 3.57. The molecule has 1 aromatic heterocycles. The highest BCUT2D eigenvalue weighted by Gasteiger charge is 2.10. The zero-order valence-corrected chi connectivity index (χ0v) is 11.6. The molecule has 2 aromatic rings. The van der Waals surface area contributed by atoms with E-state index in [1.807, 2.05) is 12.3 Å². The third kappa shape index (κ3) is 3.90. The molecule has 0 bridgehead atoms. The Morgan fingerprint density at radius 3 is 2.47 bits per heavy atom. The van der Waals surface area contributed by atoms with Gasteiger partial charge in [-0.05, 0) is 61.4 Å². The number of benzene rings is 1. The predicted octanol–water partition coefficient (Wildman–Crippen LogP) is 3.23. The molecule has 19 heavy (non-hydrogen) atoms. The maximum absolute atomic E-state index is 10.2.